The predicted octanol–water partition coefficient (Wildman–Crippen LogP) is 3.59. The average molecular weight is 243 g/mol. The topological polar surface area (TPSA) is 31.4 Å². The fraction of sp³-hybridized carbons (Fsp3) is 0.267. The molecule has 1 aromatic carbocycles. The van der Waals surface area contributed by atoms with Crippen molar-refractivity contribution in [3.05, 3.63) is 35.5 Å². The number of hydrogen-bond acceptors (Lipinski definition) is 3. The number of benzene rings is 1. The van der Waals surface area contributed by atoms with Crippen molar-refractivity contribution in [2.45, 2.75) is 13.8 Å². The van der Waals surface area contributed by atoms with E-state index in [2.05, 4.69) is 11.1 Å². The molecule has 0 aliphatic carbocycles. The molecule has 0 radical (unpaired) electrons. The van der Waals surface area contributed by atoms with E-state index in [1.54, 1.807) is 14.2 Å². The van der Waals surface area contributed by atoms with Crippen LogP contribution in [0.15, 0.2) is 24.4 Å². The minimum Gasteiger partial charge on any atom is -0.493 e. The van der Waals surface area contributed by atoms with Crippen LogP contribution in [-0.4, -0.2) is 19.2 Å². The van der Waals surface area contributed by atoms with Crippen molar-refractivity contribution >= 4 is 17.0 Å². The lowest BCUT2D eigenvalue weighted by molar-refractivity contribution is 0.354. The van der Waals surface area contributed by atoms with Gasteiger partial charge in [-0.05, 0) is 25.5 Å². The van der Waals surface area contributed by atoms with Gasteiger partial charge in [0, 0.05) is 23.2 Å². The van der Waals surface area contributed by atoms with Crippen molar-refractivity contribution in [3.63, 3.8) is 0 Å². The van der Waals surface area contributed by atoms with Gasteiger partial charge in [-0.25, -0.2) is 0 Å². The van der Waals surface area contributed by atoms with E-state index in [1.807, 2.05) is 38.3 Å². The van der Waals surface area contributed by atoms with Crippen molar-refractivity contribution in [2.75, 3.05) is 14.2 Å². The first kappa shape index (κ1) is 12.4. The molecule has 0 saturated heterocycles. The van der Waals surface area contributed by atoms with Crippen molar-refractivity contribution in [1.29, 1.82) is 0 Å². The molecule has 2 rings (SSSR count). The molecule has 3 nitrogen and oxygen atoms in total. The number of hydrogen-bond donors (Lipinski definition) is 0. The zero-order valence-corrected chi connectivity index (χ0v) is 11.2. The minimum atomic E-state index is 0.716. The predicted molar refractivity (Wildman–Crippen MR) is 74.3 cm³/mol. The zero-order chi connectivity index (χ0) is 13.1. The van der Waals surface area contributed by atoms with E-state index in [0.29, 0.717) is 5.75 Å². The van der Waals surface area contributed by atoms with Crippen LogP contribution in [0.5, 0.6) is 11.5 Å². The molecule has 0 spiro atoms. The van der Waals surface area contributed by atoms with Gasteiger partial charge in [0.2, 0.25) is 0 Å². The number of aromatic nitrogens is 1. The highest BCUT2D eigenvalue weighted by Gasteiger charge is 2.12. The van der Waals surface area contributed by atoms with Crippen molar-refractivity contribution in [3.8, 4) is 11.5 Å². The SMILES string of the molecule is C/C=C/c1cnc2cc(OC)c(OC)c(C)c2c1. The molecular formula is C15H17NO2. The van der Waals surface area contributed by atoms with Crippen LogP contribution >= 0.6 is 0 Å². The Labute approximate surface area is 107 Å². The summed E-state index contributed by atoms with van der Waals surface area (Å²) in [5.41, 5.74) is 3.05. The Hall–Kier alpha value is -2.03. The first-order valence-corrected chi connectivity index (χ1v) is 5.85. The van der Waals surface area contributed by atoms with Gasteiger partial charge in [0.25, 0.3) is 0 Å². The summed E-state index contributed by atoms with van der Waals surface area (Å²) in [5, 5.41) is 1.09. The number of nitrogens with zero attached hydrogens (tertiary/aromatic N) is 1. The Morgan fingerprint density at radius 1 is 1.17 bits per heavy atom. The first-order valence-electron chi connectivity index (χ1n) is 5.85. The van der Waals surface area contributed by atoms with E-state index < -0.39 is 0 Å². The van der Waals surface area contributed by atoms with E-state index in [9.17, 15) is 0 Å². The Kier molecular flexibility index (Phi) is 3.51. The molecule has 0 fully saturated rings. The maximum absolute atomic E-state index is 5.40. The van der Waals surface area contributed by atoms with Gasteiger partial charge >= 0.3 is 0 Å². The number of aryl methyl sites for hydroxylation is 1. The standard InChI is InChI=1S/C15H17NO2/c1-5-6-11-7-12-10(2)15(18-4)14(17-3)8-13(12)16-9-11/h5-9H,1-4H3/b6-5+. The third-order valence-electron chi connectivity index (χ3n) is 2.96. The molecule has 0 aliphatic heterocycles. The van der Waals surface area contributed by atoms with Crippen molar-refractivity contribution in [2.24, 2.45) is 0 Å². The van der Waals surface area contributed by atoms with Crippen LogP contribution in [0.4, 0.5) is 0 Å². The monoisotopic (exact) mass is 243 g/mol. The Bertz CT molecular complexity index is 603. The number of allylic oxidation sites excluding steroid dienone is 1. The second-order valence-electron chi connectivity index (χ2n) is 4.07. The van der Waals surface area contributed by atoms with E-state index in [1.165, 1.54) is 0 Å². The van der Waals surface area contributed by atoms with E-state index in [-0.39, 0.29) is 0 Å². The smallest absolute Gasteiger partial charge is 0.164 e. The van der Waals surface area contributed by atoms with Crippen LogP contribution in [0.2, 0.25) is 0 Å². The summed E-state index contributed by atoms with van der Waals surface area (Å²) >= 11 is 0. The minimum absolute atomic E-state index is 0.716. The van der Waals surface area contributed by atoms with Gasteiger partial charge in [0.1, 0.15) is 0 Å². The molecule has 1 heterocycles. The number of fused-ring (bicyclic) bond motifs is 1. The highest BCUT2D eigenvalue weighted by molar-refractivity contribution is 5.88. The fourth-order valence-electron chi connectivity index (χ4n) is 2.09. The van der Waals surface area contributed by atoms with Gasteiger partial charge in [-0.15, -0.1) is 0 Å². The molecule has 3 heteroatoms. The third-order valence-corrected chi connectivity index (χ3v) is 2.96. The van der Waals surface area contributed by atoms with Crippen LogP contribution in [-0.2, 0) is 0 Å². The molecule has 0 atom stereocenters. The molecular weight excluding hydrogens is 226 g/mol. The number of pyridine rings is 1. The van der Waals surface area contributed by atoms with Gasteiger partial charge in [-0.3, -0.25) is 4.98 Å². The summed E-state index contributed by atoms with van der Waals surface area (Å²) in [5.74, 6) is 1.48. The molecule has 94 valence electrons. The zero-order valence-electron chi connectivity index (χ0n) is 11.2. The summed E-state index contributed by atoms with van der Waals surface area (Å²) in [6, 6.07) is 4.01. The van der Waals surface area contributed by atoms with Crippen LogP contribution in [0.3, 0.4) is 0 Å². The van der Waals surface area contributed by atoms with Crippen LogP contribution in [0.1, 0.15) is 18.1 Å². The molecule has 0 unspecified atom stereocenters. The molecule has 0 amide bonds. The van der Waals surface area contributed by atoms with Gasteiger partial charge < -0.3 is 9.47 Å². The Balaban J connectivity index is 2.74. The second-order valence-corrected chi connectivity index (χ2v) is 4.07. The maximum Gasteiger partial charge on any atom is 0.164 e. The molecule has 1 aromatic heterocycles. The van der Waals surface area contributed by atoms with Gasteiger partial charge in [-0.2, -0.15) is 0 Å². The first-order chi connectivity index (χ1) is 8.71. The summed E-state index contributed by atoms with van der Waals surface area (Å²) in [6.07, 6.45) is 5.88. The number of methoxy groups -OCH3 is 2. The van der Waals surface area contributed by atoms with Gasteiger partial charge in [-0.1, -0.05) is 12.2 Å². The molecule has 0 saturated carbocycles. The number of rotatable bonds is 3. The van der Waals surface area contributed by atoms with Crippen LogP contribution in [0, 0.1) is 6.92 Å². The van der Waals surface area contributed by atoms with Crippen molar-refractivity contribution in [1.82, 2.24) is 4.98 Å². The maximum atomic E-state index is 5.40. The molecule has 2 aromatic rings. The summed E-state index contributed by atoms with van der Waals surface area (Å²) in [7, 11) is 3.29. The lowest BCUT2D eigenvalue weighted by atomic mass is 10.1. The lowest BCUT2D eigenvalue weighted by Crippen LogP contribution is -1.95. The van der Waals surface area contributed by atoms with E-state index in [0.717, 1.165) is 27.8 Å². The fourth-order valence-corrected chi connectivity index (χ4v) is 2.09. The highest BCUT2D eigenvalue weighted by Crippen LogP contribution is 2.36. The van der Waals surface area contributed by atoms with Gasteiger partial charge in [0.15, 0.2) is 11.5 Å². The lowest BCUT2D eigenvalue weighted by Gasteiger charge is -2.13. The highest BCUT2D eigenvalue weighted by atomic mass is 16.5. The summed E-state index contributed by atoms with van der Waals surface area (Å²) in [6.45, 7) is 4.01. The Morgan fingerprint density at radius 3 is 2.56 bits per heavy atom. The molecule has 0 aliphatic rings. The van der Waals surface area contributed by atoms with E-state index in [4.69, 9.17) is 9.47 Å². The molecule has 18 heavy (non-hydrogen) atoms. The molecule has 0 N–H and O–H groups in total. The summed E-state index contributed by atoms with van der Waals surface area (Å²) in [4.78, 5) is 4.46. The summed E-state index contributed by atoms with van der Waals surface area (Å²) < 4.78 is 10.7. The molecule has 0 bridgehead atoms. The van der Waals surface area contributed by atoms with Crippen LogP contribution < -0.4 is 9.47 Å². The van der Waals surface area contributed by atoms with E-state index >= 15 is 0 Å². The van der Waals surface area contributed by atoms with Crippen molar-refractivity contribution < 1.29 is 9.47 Å². The largest absolute Gasteiger partial charge is 0.493 e. The quantitative estimate of drug-likeness (QED) is 0.825. The Morgan fingerprint density at radius 2 is 1.94 bits per heavy atom. The third kappa shape index (κ3) is 2.04. The van der Waals surface area contributed by atoms with Crippen LogP contribution in [0.25, 0.3) is 17.0 Å². The average Bonchev–Trinajstić information content (AvgIpc) is 2.39. The second kappa shape index (κ2) is 5.08. The normalized spacial score (nSPS) is 11.1. The number of ether oxygens (including phenoxy) is 2. The van der Waals surface area contributed by atoms with Gasteiger partial charge in [0.05, 0.1) is 19.7 Å².